The number of amides is 1. The molecule has 1 aliphatic heterocycles. The van der Waals surface area contributed by atoms with Crippen LogP contribution in [0.1, 0.15) is 25.2 Å². The SMILES string of the molecule is Cl.NC1(C(=O)N2CCN(CCCc3nc(-c4cccs4)no3)CC2)CC1. The molecule has 1 aliphatic carbocycles. The number of hydrogen-bond acceptors (Lipinski definition) is 7. The van der Waals surface area contributed by atoms with Crippen LogP contribution < -0.4 is 5.73 Å². The van der Waals surface area contributed by atoms with Crippen molar-refractivity contribution in [3.63, 3.8) is 0 Å². The van der Waals surface area contributed by atoms with Gasteiger partial charge in [0, 0.05) is 32.6 Å². The number of nitrogens with two attached hydrogens (primary N) is 1. The van der Waals surface area contributed by atoms with Crippen molar-refractivity contribution in [3.05, 3.63) is 23.4 Å². The molecule has 0 unspecified atom stereocenters. The van der Waals surface area contributed by atoms with E-state index in [2.05, 4.69) is 15.0 Å². The van der Waals surface area contributed by atoms with Crippen LogP contribution in [-0.4, -0.2) is 64.1 Å². The number of carbonyl (C=O) groups is 1. The predicted molar refractivity (Wildman–Crippen MR) is 102 cm³/mol. The second kappa shape index (κ2) is 8.04. The molecule has 0 bridgehead atoms. The highest BCUT2D eigenvalue weighted by Gasteiger charge is 2.48. The van der Waals surface area contributed by atoms with Gasteiger partial charge in [0.05, 0.1) is 10.4 Å². The molecular formula is C17H24ClN5O2S. The van der Waals surface area contributed by atoms with Gasteiger partial charge in [-0.15, -0.1) is 23.7 Å². The zero-order valence-corrected chi connectivity index (χ0v) is 16.2. The third kappa shape index (κ3) is 4.25. The van der Waals surface area contributed by atoms with Gasteiger partial charge in [0.25, 0.3) is 0 Å². The Hall–Kier alpha value is -1.48. The van der Waals surface area contributed by atoms with Gasteiger partial charge >= 0.3 is 0 Å². The molecule has 9 heteroatoms. The molecule has 0 aromatic carbocycles. The molecule has 0 atom stereocenters. The number of carbonyl (C=O) groups excluding carboxylic acids is 1. The smallest absolute Gasteiger partial charge is 0.242 e. The second-order valence-electron chi connectivity index (χ2n) is 6.88. The number of hydrogen-bond donors (Lipinski definition) is 1. The molecule has 26 heavy (non-hydrogen) atoms. The van der Waals surface area contributed by atoms with Crippen LogP contribution >= 0.6 is 23.7 Å². The number of thiophene rings is 1. The highest BCUT2D eigenvalue weighted by molar-refractivity contribution is 7.13. The van der Waals surface area contributed by atoms with Crippen LogP contribution in [0.4, 0.5) is 0 Å². The molecule has 2 aromatic rings. The number of rotatable bonds is 6. The molecule has 1 saturated heterocycles. The van der Waals surface area contributed by atoms with E-state index < -0.39 is 5.54 Å². The average molecular weight is 398 g/mol. The van der Waals surface area contributed by atoms with Gasteiger partial charge in [-0.2, -0.15) is 4.98 Å². The number of piperazine rings is 1. The Bertz CT molecular complexity index is 723. The van der Waals surface area contributed by atoms with E-state index in [4.69, 9.17) is 10.3 Å². The first-order valence-corrected chi connectivity index (χ1v) is 9.69. The molecular weight excluding hydrogens is 374 g/mol. The first-order valence-electron chi connectivity index (χ1n) is 8.81. The molecule has 2 N–H and O–H groups in total. The Labute approximate surface area is 162 Å². The van der Waals surface area contributed by atoms with Crippen molar-refractivity contribution in [1.29, 1.82) is 0 Å². The summed E-state index contributed by atoms with van der Waals surface area (Å²) in [5, 5.41) is 6.04. The fourth-order valence-corrected chi connectivity index (χ4v) is 3.80. The van der Waals surface area contributed by atoms with Crippen LogP contribution in [0.3, 0.4) is 0 Å². The minimum absolute atomic E-state index is 0. The lowest BCUT2D eigenvalue weighted by molar-refractivity contribution is -0.135. The Morgan fingerprint density at radius 1 is 1.31 bits per heavy atom. The molecule has 1 amide bonds. The van der Waals surface area contributed by atoms with Crippen molar-refractivity contribution in [2.75, 3.05) is 32.7 Å². The summed E-state index contributed by atoms with van der Waals surface area (Å²) in [5.74, 6) is 1.50. The molecule has 142 valence electrons. The maximum atomic E-state index is 12.2. The first kappa shape index (κ1) is 19.3. The Balaban J connectivity index is 0.00000196. The lowest BCUT2D eigenvalue weighted by atomic mass is 10.2. The van der Waals surface area contributed by atoms with Gasteiger partial charge in [-0.05, 0) is 37.3 Å². The lowest BCUT2D eigenvalue weighted by Crippen LogP contribution is -2.54. The summed E-state index contributed by atoms with van der Waals surface area (Å²) in [7, 11) is 0. The van der Waals surface area contributed by atoms with Gasteiger partial charge in [-0.3, -0.25) is 9.69 Å². The number of halogens is 1. The van der Waals surface area contributed by atoms with Crippen LogP contribution in [0, 0.1) is 0 Å². The van der Waals surface area contributed by atoms with E-state index in [1.807, 2.05) is 22.4 Å². The van der Waals surface area contributed by atoms with Crippen molar-refractivity contribution in [2.45, 2.75) is 31.2 Å². The van der Waals surface area contributed by atoms with E-state index in [1.54, 1.807) is 11.3 Å². The predicted octanol–water partition coefficient (Wildman–Crippen LogP) is 1.79. The Kier molecular flexibility index (Phi) is 5.96. The monoisotopic (exact) mass is 397 g/mol. The molecule has 2 aromatic heterocycles. The standard InChI is InChI=1S/C17H23N5O2S.ClH/c18-17(5-6-17)16(23)22-10-8-21(9-11-22)7-1-4-14-19-15(20-24-14)13-3-2-12-25-13;/h2-3,12H,1,4-11,18H2;1H. The van der Waals surface area contributed by atoms with E-state index in [9.17, 15) is 4.79 Å². The van der Waals surface area contributed by atoms with E-state index >= 15 is 0 Å². The van der Waals surface area contributed by atoms with Gasteiger partial charge in [0.15, 0.2) is 0 Å². The van der Waals surface area contributed by atoms with E-state index in [1.165, 1.54) is 0 Å². The molecule has 2 aliphatic rings. The van der Waals surface area contributed by atoms with Gasteiger partial charge in [0.2, 0.25) is 17.6 Å². The van der Waals surface area contributed by atoms with Crippen LogP contribution in [0.25, 0.3) is 10.7 Å². The van der Waals surface area contributed by atoms with Gasteiger partial charge in [-0.25, -0.2) is 0 Å². The van der Waals surface area contributed by atoms with E-state index in [-0.39, 0.29) is 18.3 Å². The summed E-state index contributed by atoms with van der Waals surface area (Å²) in [6.45, 7) is 4.35. The molecule has 0 spiro atoms. The Morgan fingerprint density at radius 2 is 2.08 bits per heavy atom. The van der Waals surface area contributed by atoms with Crippen LogP contribution in [0.5, 0.6) is 0 Å². The topological polar surface area (TPSA) is 88.5 Å². The van der Waals surface area contributed by atoms with E-state index in [0.29, 0.717) is 11.7 Å². The summed E-state index contributed by atoms with van der Waals surface area (Å²) in [6, 6.07) is 3.98. The third-order valence-electron chi connectivity index (χ3n) is 4.95. The minimum Gasteiger partial charge on any atom is -0.339 e. The summed E-state index contributed by atoms with van der Waals surface area (Å²) in [5.41, 5.74) is 5.47. The fourth-order valence-electron chi connectivity index (χ4n) is 3.15. The molecule has 0 radical (unpaired) electrons. The largest absolute Gasteiger partial charge is 0.339 e. The van der Waals surface area contributed by atoms with E-state index in [0.717, 1.165) is 63.3 Å². The highest BCUT2D eigenvalue weighted by atomic mass is 35.5. The van der Waals surface area contributed by atoms with Crippen molar-refractivity contribution >= 4 is 29.7 Å². The number of aromatic nitrogens is 2. The Morgan fingerprint density at radius 3 is 2.73 bits per heavy atom. The average Bonchev–Trinajstić information content (AvgIpc) is 3.06. The van der Waals surface area contributed by atoms with Crippen LogP contribution in [0.2, 0.25) is 0 Å². The fraction of sp³-hybridized carbons (Fsp3) is 0.588. The van der Waals surface area contributed by atoms with Gasteiger partial charge < -0.3 is 15.2 Å². The highest BCUT2D eigenvalue weighted by Crippen LogP contribution is 2.34. The number of aryl methyl sites for hydroxylation is 1. The molecule has 3 heterocycles. The number of nitrogens with zero attached hydrogens (tertiary/aromatic N) is 4. The zero-order chi connectivity index (χ0) is 17.3. The quantitative estimate of drug-likeness (QED) is 0.799. The second-order valence-corrected chi connectivity index (χ2v) is 7.83. The van der Waals surface area contributed by atoms with Crippen molar-refractivity contribution < 1.29 is 9.32 Å². The van der Waals surface area contributed by atoms with Crippen molar-refractivity contribution in [2.24, 2.45) is 5.73 Å². The summed E-state index contributed by atoms with van der Waals surface area (Å²) in [4.78, 5) is 22.0. The summed E-state index contributed by atoms with van der Waals surface area (Å²) >= 11 is 1.61. The van der Waals surface area contributed by atoms with Crippen LogP contribution in [0.15, 0.2) is 22.0 Å². The zero-order valence-electron chi connectivity index (χ0n) is 14.6. The van der Waals surface area contributed by atoms with Gasteiger partial charge in [-0.1, -0.05) is 11.2 Å². The van der Waals surface area contributed by atoms with Crippen molar-refractivity contribution in [1.82, 2.24) is 19.9 Å². The normalized spacial score (nSPS) is 19.2. The maximum Gasteiger partial charge on any atom is 0.242 e. The maximum absolute atomic E-state index is 12.2. The summed E-state index contributed by atoms with van der Waals surface area (Å²) < 4.78 is 5.33. The third-order valence-corrected chi connectivity index (χ3v) is 5.81. The van der Waals surface area contributed by atoms with Gasteiger partial charge in [0.1, 0.15) is 0 Å². The molecule has 4 rings (SSSR count). The minimum atomic E-state index is -0.541. The van der Waals surface area contributed by atoms with Crippen molar-refractivity contribution in [3.8, 4) is 10.7 Å². The molecule has 1 saturated carbocycles. The molecule has 2 fully saturated rings. The lowest BCUT2D eigenvalue weighted by Gasteiger charge is -2.36. The van der Waals surface area contributed by atoms with Crippen LogP contribution in [-0.2, 0) is 11.2 Å². The summed E-state index contributed by atoms with van der Waals surface area (Å²) in [6.07, 6.45) is 3.43. The molecule has 7 nitrogen and oxygen atoms in total. The first-order chi connectivity index (χ1) is 12.1.